The number of aromatic nitrogens is 2. The zero-order chi connectivity index (χ0) is 12.0. The van der Waals surface area contributed by atoms with Crippen molar-refractivity contribution >= 4 is 11.7 Å². The quantitative estimate of drug-likeness (QED) is 0.728. The minimum atomic E-state index is -2.50. The normalized spacial score (nSPS) is 10.8. The van der Waals surface area contributed by atoms with Crippen molar-refractivity contribution in [2.24, 2.45) is 0 Å². The molecule has 1 aromatic heterocycles. The molecule has 0 atom stereocenters. The first-order valence-electron chi connectivity index (χ1n) is 4.75. The van der Waals surface area contributed by atoms with E-state index in [0.717, 1.165) is 5.56 Å². The van der Waals surface area contributed by atoms with E-state index in [0.29, 0.717) is 5.82 Å². The van der Waals surface area contributed by atoms with Crippen molar-refractivity contribution in [3.63, 3.8) is 0 Å². The fourth-order valence-electron chi connectivity index (χ4n) is 1.01. The summed E-state index contributed by atoms with van der Waals surface area (Å²) in [5, 5.41) is 8.88. The minimum absolute atomic E-state index is 0.0244. The number of carbonyl (C=O) groups excluding carboxylic acids is 1. The Hall–Kier alpha value is -1.50. The predicted molar refractivity (Wildman–Crippen MR) is 53.4 cm³/mol. The van der Waals surface area contributed by atoms with Crippen LogP contribution in [0, 0.1) is 6.92 Å². The highest BCUT2D eigenvalue weighted by Crippen LogP contribution is 2.08. The van der Waals surface area contributed by atoms with Crippen LogP contribution in [0.15, 0.2) is 6.20 Å². The van der Waals surface area contributed by atoms with Crippen molar-refractivity contribution < 1.29 is 18.3 Å². The van der Waals surface area contributed by atoms with E-state index in [1.54, 1.807) is 13.1 Å². The first kappa shape index (κ1) is 12.6. The van der Waals surface area contributed by atoms with Crippen LogP contribution in [-0.4, -0.2) is 35.7 Å². The Kier molecular flexibility index (Phi) is 4.84. The third-order valence-corrected chi connectivity index (χ3v) is 1.81. The molecule has 0 aliphatic heterocycles. The van der Waals surface area contributed by atoms with Gasteiger partial charge in [0.2, 0.25) is 5.91 Å². The molecule has 1 heterocycles. The van der Waals surface area contributed by atoms with E-state index in [2.05, 4.69) is 20.3 Å². The molecule has 16 heavy (non-hydrogen) atoms. The van der Waals surface area contributed by atoms with Crippen molar-refractivity contribution in [1.29, 1.82) is 0 Å². The SMILES string of the molecule is Cc1cn[nH]c1NC(=O)CCOCC(F)F. The van der Waals surface area contributed by atoms with Gasteiger partial charge in [-0.05, 0) is 6.92 Å². The number of alkyl halides is 2. The van der Waals surface area contributed by atoms with Crippen LogP contribution in [-0.2, 0) is 9.53 Å². The van der Waals surface area contributed by atoms with Crippen LogP contribution in [0.5, 0.6) is 0 Å². The summed E-state index contributed by atoms with van der Waals surface area (Å²) in [7, 11) is 0. The average Bonchev–Trinajstić information content (AvgIpc) is 2.59. The molecule has 0 bridgehead atoms. The van der Waals surface area contributed by atoms with Gasteiger partial charge < -0.3 is 10.1 Å². The van der Waals surface area contributed by atoms with E-state index >= 15 is 0 Å². The number of hydrogen-bond donors (Lipinski definition) is 2. The molecule has 1 rings (SSSR count). The minimum Gasteiger partial charge on any atom is -0.375 e. The number of anilines is 1. The molecular formula is C9H13F2N3O2. The molecule has 90 valence electrons. The highest BCUT2D eigenvalue weighted by molar-refractivity contribution is 5.90. The van der Waals surface area contributed by atoms with Crippen LogP contribution in [0.25, 0.3) is 0 Å². The lowest BCUT2D eigenvalue weighted by Crippen LogP contribution is -2.16. The number of aromatic amines is 1. The standard InChI is InChI=1S/C9H13F2N3O2/c1-6-4-12-14-9(6)13-8(15)2-3-16-5-7(10)11/h4,7H,2-3,5H2,1H3,(H2,12,13,14,15). The highest BCUT2D eigenvalue weighted by atomic mass is 19.3. The van der Waals surface area contributed by atoms with Crippen LogP contribution in [0.2, 0.25) is 0 Å². The van der Waals surface area contributed by atoms with Crippen molar-refractivity contribution in [3.05, 3.63) is 11.8 Å². The van der Waals surface area contributed by atoms with Crippen LogP contribution in [0.3, 0.4) is 0 Å². The largest absolute Gasteiger partial charge is 0.375 e. The lowest BCUT2D eigenvalue weighted by molar-refractivity contribution is -0.117. The molecule has 0 aliphatic rings. The Morgan fingerprint density at radius 3 is 3.00 bits per heavy atom. The predicted octanol–water partition coefficient (Wildman–Crippen LogP) is 1.33. The van der Waals surface area contributed by atoms with E-state index in [1.807, 2.05) is 0 Å². The van der Waals surface area contributed by atoms with Gasteiger partial charge in [0, 0.05) is 5.56 Å². The lowest BCUT2D eigenvalue weighted by atomic mass is 10.3. The van der Waals surface area contributed by atoms with Gasteiger partial charge in [-0.15, -0.1) is 0 Å². The first-order chi connectivity index (χ1) is 7.59. The van der Waals surface area contributed by atoms with Crippen molar-refractivity contribution in [2.75, 3.05) is 18.5 Å². The number of halogens is 2. The van der Waals surface area contributed by atoms with Crippen molar-refractivity contribution in [3.8, 4) is 0 Å². The molecule has 2 N–H and O–H groups in total. The fourth-order valence-corrected chi connectivity index (χ4v) is 1.01. The highest BCUT2D eigenvalue weighted by Gasteiger charge is 2.07. The second-order valence-electron chi connectivity index (χ2n) is 3.19. The van der Waals surface area contributed by atoms with E-state index in [9.17, 15) is 13.6 Å². The van der Waals surface area contributed by atoms with Crippen molar-refractivity contribution in [2.45, 2.75) is 19.8 Å². The molecular weight excluding hydrogens is 220 g/mol. The maximum atomic E-state index is 11.7. The van der Waals surface area contributed by atoms with Crippen LogP contribution in [0.1, 0.15) is 12.0 Å². The van der Waals surface area contributed by atoms with Gasteiger partial charge in [0.05, 0.1) is 19.2 Å². The Bertz CT molecular complexity index is 341. The fraction of sp³-hybridized carbons (Fsp3) is 0.556. The molecule has 0 unspecified atom stereocenters. The van der Waals surface area contributed by atoms with Gasteiger partial charge in [-0.3, -0.25) is 9.89 Å². The number of nitrogens with one attached hydrogen (secondary N) is 2. The molecule has 7 heteroatoms. The molecule has 0 spiro atoms. The lowest BCUT2D eigenvalue weighted by Gasteiger charge is -2.04. The number of nitrogens with zero attached hydrogens (tertiary/aromatic N) is 1. The summed E-state index contributed by atoms with van der Waals surface area (Å²) >= 11 is 0. The van der Waals surface area contributed by atoms with E-state index in [1.165, 1.54) is 0 Å². The molecule has 0 aliphatic carbocycles. The Labute approximate surface area is 91.2 Å². The maximum Gasteiger partial charge on any atom is 0.261 e. The summed E-state index contributed by atoms with van der Waals surface area (Å²) in [4.78, 5) is 11.3. The number of ether oxygens (including phenoxy) is 1. The average molecular weight is 233 g/mol. The molecule has 0 saturated heterocycles. The van der Waals surface area contributed by atoms with Gasteiger partial charge in [0.1, 0.15) is 12.4 Å². The van der Waals surface area contributed by atoms with Crippen LogP contribution in [0.4, 0.5) is 14.6 Å². The van der Waals surface area contributed by atoms with Crippen molar-refractivity contribution in [1.82, 2.24) is 10.2 Å². The molecule has 0 saturated carbocycles. The molecule has 5 nitrogen and oxygen atoms in total. The second kappa shape index (κ2) is 6.16. The Morgan fingerprint density at radius 1 is 1.69 bits per heavy atom. The molecule has 0 fully saturated rings. The molecule has 1 aromatic rings. The van der Waals surface area contributed by atoms with Gasteiger partial charge in [-0.2, -0.15) is 5.10 Å². The van der Waals surface area contributed by atoms with E-state index < -0.39 is 13.0 Å². The van der Waals surface area contributed by atoms with Gasteiger partial charge in [-0.25, -0.2) is 8.78 Å². The summed E-state index contributed by atoms with van der Waals surface area (Å²) in [6.45, 7) is 1.12. The number of rotatable bonds is 6. The topological polar surface area (TPSA) is 67.0 Å². The molecule has 0 radical (unpaired) electrons. The number of hydrogen-bond acceptors (Lipinski definition) is 3. The van der Waals surface area contributed by atoms with Gasteiger partial charge in [0.15, 0.2) is 0 Å². The summed E-state index contributed by atoms with van der Waals surface area (Å²) in [5.41, 5.74) is 0.807. The Morgan fingerprint density at radius 2 is 2.44 bits per heavy atom. The van der Waals surface area contributed by atoms with Gasteiger partial charge in [-0.1, -0.05) is 0 Å². The zero-order valence-electron chi connectivity index (χ0n) is 8.80. The smallest absolute Gasteiger partial charge is 0.261 e. The third kappa shape index (κ3) is 4.35. The van der Waals surface area contributed by atoms with E-state index in [-0.39, 0.29) is 18.9 Å². The van der Waals surface area contributed by atoms with Gasteiger partial charge >= 0.3 is 0 Å². The first-order valence-corrected chi connectivity index (χ1v) is 4.75. The molecule has 0 aromatic carbocycles. The van der Waals surface area contributed by atoms with Crippen LogP contribution >= 0.6 is 0 Å². The Balaban J connectivity index is 2.19. The summed E-state index contributed by atoms with van der Waals surface area (Å²) in [6.07, 6.45) is -0.897. The van der Waals surface area contributed by atoms with Gasteiger partial charge in [0.25, 0.3) is 6.43 Å². The zero-order valence-corrected chi connectivity index (χ0v) is 8.80. The number of aryl methyl sites for hydroxylation is 1. The number of amides is 1. The summed E-state index contributed by atoms with van der Waals surface area (Å²) in [6, 6.07) is 0. The second-order valence-corrected chi connectivity index (χ2v) is 3.19. The third-order valence-electron chi connectivity index (χ3n) is 1.81. The van der Waals surface area contributed by atoms with Crippen LogP contribution < -0.4 is 5.32 Å². The summed E-state index contributed by atoms with van der Waals surface area (Å²) in [5.74, 6) is 0.209. The number of carbonyl (C=O) groups is 1. The number of H-pyrrole nitrogens is 1. The van der Waals surface area contributed by atoms with E-state index in [4.69, 9.17) is 0 Å². The monoisotopic (exact) mass is 233 g/mol. The molecule has 1 amide bonds. The summed E-state index contributed by atoms with van der Waals surface area (Å²) < 4.78 is 27.9. The maximum absolute atomic E-state index is 11.7.